The number of ether oxygens (including phenoxy) is 1. The third kappa shape index (κ3) is 3.30. The molecule has 3 N–H and O–H groups in total. The van der Waals surface area contributed by atoms with Gasteiger partial charge in [-0.05, 0) is 12.8 Å². The van der Waals surface area contributed by atoms with Gasteiger partial charge in [-0.1, -0.05) is 0 Å². The standard InChI is InChI=1S/C11H16N4O2/c1-17-10(16)4-5-13-9-6-8(12)14-11(15-9)7-2-3-7/h6-7H,2-5H2,1H3,(H3,12,13,14,15). The first kappa shape index (κ1) is 11.6. The van der Waals surface area contributed by atoms with Crippen LogP contribution in [0.25, 0.3) is 0 Å². The number of nitrogens with zero attached hydrogens (tertiary/aromatic N) is 2. The highest BCUT2D eigenvalue weighted by Crippen LogP contribution is 2.38. The van der Waals surface area contributed by atoms with Crippen molar-refractivity contribution in [1.29, 1.82) is 0 Å². The van der Waals surface area contributed by atoms with Crippen LogP contribution in [-0.4, -0.2) is 29.6 Å². The molecular weight excluding hydrogens is 220 g/mol. The van der Waals surface area contributed by atoms with Crippen molar-refractivity contribution in [3.63, 3.8) is 0 Å². The van der Waals surface area contributed by atoms with E-state index in [-0.39, 0.29) is 5.97 Å². The number of hydrogen-bond donors (Lipinski definition) is 2. The van der Waals surface area contributed by atoms with E-state index in [1.807, 2.05) is 0 Å². The molecule has 0 saturated heterocycles. The number of nitrogens with one attached hydrogen (secondary N) is 1. The lowest BCUT2D eigenvalue weighted by Gasteiger charge is -2.07. The highest BCUT2D eigenvalue weighted by atomic mass is 16.5. The van der Waals surface area contributed by atoms with Gasteiger partial charge in [-0.3, -0.25) is 4.79 Å². The molecule has 1 aliphatic carbocycles. The van der Waals surface area contributed by atoms with Gasteiger partial charge in [0.25, 0.3) is 0 Å². The summed E-state index contributed by atoms with van der Waals surface area (Å²) in [6.45, 7) is 0.479. The minimum Gasteiger partial charge on any atom is -0.469 e. The van der Waals surface area contributed by atoms with Gasteiger partial charge in [0.1, 0.15) is 17.5 Å². The van der Waals surface area contributed by atoms with E-state index in [0.29, 0.717) is 30.5 Å². The second-order valence-corrected chi connectivity index (χ2v) is 4.06. The molecule has 1 heterocycles. The second-order valence-electron chi connectivity index (χ2n) is 4.06. The molecule has 2 rings (SSSR count). The quantitative estimate of drug-likeness (QED) is 0.738. The van der Waals surface area contributed by atoms with Gasteiger partial charge in [0.05, 0.1) is 13.5 Å². The fourth-order valence-corrected chi connectivity index (χ4v) is 1.49. The monoisotopic (exact) mass is 236 g/mol. The van der Waals surface area contributed by atoms with Crippen molar-refractivity contribution < 1.29 is 9.53 Å². The summed E-state index contributed by atoms with van der Waals surface area (Å²) in [7, 11) is 1.37. The summed E-state index contributed by atoms with van der Waals surface area (Å²) in [4.78, 5) is 19.5. The Morgan fingerprint density at radius 3 is 3.00 bits per heavy atom. The lowest BCUT2D eigenvalue weighted by Crippen LogP contribution is -2.11. The molecule has 0 radical (unpaired) electrons. The molecule has 92 valence electrons. The Labute approximate surface area is 99.6 Å². The zero-order valence-electron chi connectivity index (χ0n) is 9.77. The molecule has 0 atom stereocenters. The third-order valence-electron chi connectivity index (χ3n) is 2.57. The Morgan fingerprint density at radius 2 is 2.35 bits per heavy atom. The molecule has 0 bridgehead atoms. The van der Waals surface area contributed by atoms with Crippen molar-refractivity contribution in [2.45, 2.75) is 25.2 Å². The van der Waals surface area contributed by atoms with Crippen LogP contribution in [0.3, 0.4) is 0 Å². The van der Waals surface area contributed by atoms with Crippen molar-refractivity contribution >= 4 is 17.6 Å². The highest BCUT2D eigenvalue weighted by molar-refractivity contribution is 5.69. The summed E-state index contributed by atoms with van der Waals surface area (Å²) in [5.74, 6) is 2.14. The molecule has 0 spiro atoms. The van der Waals surface area contributed by atoms with E-state index < -0.39 is 0 Å². The SMILES string of the molecule is COC(=O)CCNc1cc(N)nc(C2CC2)n1. The van der Waals surface area contributed by atoms with Gasteiger partial charge in [-0.2, -0.15) is 0 Å². The number of esters is 1. The number of methoxy groups -OCH3 is 1. The first-order valence-corrected chi connectivity index (χ1v) is 5.64. The first-order valence-electron chi connectivity index (χ1n) is 5.64. The van der Waals surface area contributed by atoms with Crippen molar-refractivity contribution in [3.8, 4) is 0 Å². The number of anilines is 2. The molecule has 0 unspecified atom stereocenters. The molecule has 0 aliphatic heterocycles. The predicted octanol–water partition coefficient (Wildman–Crippen LogP) is 0.911. The Bertz CT molecular complexity index is 418. The first-order chi connectivity index (χ1) is 8.19. The number of aromatic nitrogens is 2. The Kier molecular flexibility index (Phi) is 3.41. The number of carbonyl (C=O) groups is 1. The highest BCUT2D eigenvalue weighted by Gasteiger charge is 2.27. The van der Waals surface area contributed by atoms with E-state index in [0.717, 1.165) is 18.7 Å². The normalized spacial score (nSPS) is 14.4. The second kappa shape index (κ2) is 4.99. The fourth-order valence-electron chi connectivity index (χ4n) is 1.49. The van der Waals surface area contributed by atoms with Crippen LogP contribution in [0.2, 0.25) is 0 Å². The molecule has 0 amide bonds. The van der Waals surface area contributed by atoms with Gasteiger partial charge in [-0.15, -0.1) is 0 Å². The number of hydrogen-bond acceptors (Lipinski definition) is 6. The van der Waals surface area contributed by atoms with Gasteiger partial charge in [0.2, 0.25) is 0 Å². The van der Waals surface area contributed by atoms with E-state index in [4.69, 9.17) is 5.73 Å². The van der Waals surface area contributed by atoms with Crippen molar-refractivity contribution in [2.24, 2.45) is 0 Å². The molecule has 1 aliphatic rings. The average Bonchev–Trinajstić information content (AvgIpc) is 3.12. The maximum absolute atomic E-state index is 10.9. The Hall–Kier alpha value is -1.85. The van der Waals surface area contributed by atoms with Crippen LogP contribution in [0.4, 0.5) is 11.6 Å². The Morgan fingerprint density at radius 1 is 1.59 bits per heavy atom. The number of carbonyl (C=O) groups excluding carboxylic acids is 1. The summed E-state index contributed by atoms with van der Waals surface area (Å²) in [6.07, 6.45) is 2.56. The smallest absolute Gasteiger partial charge is 0.307 e. The van der Waals surface area contributed by atoms with E-state index in [1.165, 1.54) is 7.11 Å². The van der Waals surface area contributed by atoms with E-state index >= 15 is 0 Å². The van der Waals surface area contributed by atoms with Crippen LogP contribution in [0.1, 0.15) is 31.0 Å². The maximum Gasteiger partial charge on any atom is 0.307 e. The van der Waals surface area contributed by atoms with Crippen molar-refractivity contribution in [2.75, 3.05) is 24.7 Å². The maximum atomic E-state index is 10.9. The van der Waals surface area contributed by atoms with Gasteiger partial charge in [0.15, 0.2) is 0 Å². The summed E-state index contributed by atoms with van der Waals surface area (Å²) in [5.41, 5.74) is 5.70. The molecule has 0 aromatic carbocycles. The summed E-state index contributed by atoms with van der Waals surface area (Å²) < 4.78 is 4.55. The molecule has 1 fully saturated rings. The zero-order valence-corrected chi connectivity index (χ0v) is 9.77. The van der Waals surface area contributed by atoms with Crippen LogP contribution in [0.15, 0.2) is 6.07 Å². The number of rotatable bonds is 5. The van der Waals surface area contributed by atoms with Gasteiger partial charge >= 0.3 is 5.97 Å². The lowest BCUT2D eigenvalue weighted by molar-refractivity contribution is -0.140. The van der Waals surface area contributed by atoms with E-state index in [1.54, 1.807) is 6.07 Å². The summed E-state index contributed by atoms with van der Waals surface area (Å²) >= 11 is 0. The zero-order chi connectivity index (χ0) is 12.3. The van der Waals surface area contributed by atoms with E-state index in [9.17, 15) is 4.79 Å². The van der Waals surface area contributed by atoms with Crippen LogP contribution < -0.4 is 11.1 Å². The van der Waals surface area contributed by atoms with Crippen LogP contribution in [0, 0.1) is 0 Å². The van der Waals surface area contributed by atoms with Crippen LogP contribution >= 0.6 is 0 Å². The van der Waals surface area contributed by atoms with Crippen molar-refractivity contribution in [1.82, 2.24) is 9.97 Å². The van der Waals surface area contributed by atoms with Crippen LogP contribution in [-0.2, 0) is 9.53 Å². The molecule has 1 saturated carbocycles. The van der Waals surface area contributed by atoms with Crippen molar-refractivity contribution in [3.05, 3.63) is 11.9 Å². The van der Waals surface area contributed by atoms with E-state index in [2.05, 4.69) is 20.0 Å². The molecule has 1 aromatic rings. The minimum absolute atomic E-state index is 0.248. The topological polar surface area (TPSA) is 90.1 Å². The minimum atomic E-state index is -0.248. The summed E-state index contributed by atoms with van der Waals surface area (Å²) in [5, 5.41) is 3.04. The molecule has 6 heteroatoms. The average molecular weight is 236 g/mol. The van der Waals surface area contributed by atoms with Crippen LogP contribution in [0.5, 0.6) is 0 Å². The van der Waals surface area contributed by atoms with Gasteiger partial charge < -0.3 is 15.8 Å². The van der Waals surface area contributed by atoms with Gasteiger partial charge in [-0.25, -0.2) is 9.97 Å². The summed E-state index contributed by atoms with van der Waals surface area (Å²) in [6, 6.07) is 1.67. The molecular formula is C11H16N4O2. The third-order valence-corrected chi connectivity index (χ3v) is 2.57. The Balaban J connectivity index is 1.93. The number of nitrogen functional groups attached to an aromatic ring is 1. The fraction of sp³-hybridized carbons (Fsp3) is 0.545. The number of nitrogens with two attached hydrogens (primary N) is 1. The predicted molar refractivity (Wildman–Crippen MR) is 63.5 cm³/mol. The lowest BCUT2D eigenvalue weighted by atomic mass is 10.3. The van der Waals surface area contributed by atoms with Gasteiger partial charge in [0, 0.05) is 18.5 Å². The molecule has 1 aromatic heterocycles. The molecule has 6 nitrogen and oxygen atoms in total. The largest absolute Gasteiger partial charge is 0.469 e. The molecule has 17 heavy (non-hydrogen) atoms.